The van der Waals surface area contributed by atoms with Crippen molar-refractivity contribution < 1.29 is 9.90 Å². The fraction of sp³-hybridized carbons (Fsp3) is 0.500. The summed E-state index contributed by atoms with van der Waals surface area (Å²) in [6, 6.07) is 9.61. The van der Waals surface area contributed by atoms with Crippen LogP contribution < -0.4 is 0 Å². The Kier molecular flexibility index (Phi) is 4.29. The highest BCUT2D eigenvalue weighted by atomic mass is 16.3. The first-order valence-corrected chi connectivity index (χ1v) is 6.23. The van der Waals surface area contributed by atoms with Crippen LogP contribution in [0.4, 0.5) is 0 Å². The molecule has 92 valence electrons. The van der Waals surface area contributed by atoms with Gasteiger partial charge in [-0.2, -0.15) is 0 Å². The van der Waals surface area contributed by atoms with Crippen LogP contribution in [-0.2, 0) is 4.79 Å². The summed E-state index contributed by atoms with van der Waals surface area (Å²) >= 11 is 0. The zero-order valence-corrected chi connectivity index (χ0v) is 9.96. The standard InChI is InChI=1S/C14H19NO2/c16-11-13-8-4-5-9-15(13)10-14(17)12-6-2-1-3-7-12/h1-3,6-7,11,13-14,17H,4-5,8-10H2. The maximum absolute atomic E-state index is 11.0. The van der Waals surface area contributed by atoms with Crippen LogP contribution in [0.15, 0.2) is 30.3 Å². The van der Waals surface area contributed by atoms with Gasteiger partial charge in [-0.05, 0) is 24.9 Å². The van der Waals surface area contributed by atoms with E-state index in [4.69, 9.17) is 0 Å². The van der Waals surface area contributed by atoms with E-state index < -0.39 is 6.10 Å². The van der Waals surface area contributed by atoms with Crippen LogP contribution in [0.2, 0.25) is 0 Å². The quantitative estimate of drug-likeness (QED) is 0.806. The Hall–Kier alpha value is -1.19. The summed E-state index contributed by atoms with van der Waals surface area (Å²) in [6.07, 6.45) is 3.66. The molecule has 0 radical (unpaired) electrons. The molecule has 0 amide bonds. The average molecular weight is 233 g/mol. The Bertz CT molecular complexity index is 352. The number of benzene rings is 1. The van der Waals surface area contributed by atoms with Crippen LogP contribution in [0.3, 0.4) is 0 Å². The van der Waals surface area contributed by atoms with Gasteiger partial charge in [-0.3, -0.25) is 4.90 Å². The maximum atomic E-state index is 11.0. The molecule has 1 N–H and O–H groups in total. The molecule has 2 unspecified atom stereocenters. The largest absolute Gasteiger partial charge is 0.387 e. The van der Waals surface area contributed by atoms with Gasteiger partial charge in [0.25, 0.3) is 0 Å². The van der Waals surface area contributed by atoms with E-state index in [0.717, 1.165) is 37.7 Å². The Balaban J connectivity index is 1.97. The van der Waals surface area contributed by atoms with E-state index in [1.54, 1.807) is 0 Å². The smallest absolute Gasteiger partial charge is 0.137 e. The number of β-amino-alcohol motifs (C(OH)–C–C–N with tert-alkyl or cyclic N) is 1. The summed E-state index contributed by atoms with van der Waals surface area (Å²) in [7, 11) is 0. The second-order valence-electron chi connectivity index (χ2n) is 4.62. The molecule has 3 heteroatoms. The van der Waals surface area contributed by atoms with Crippen molar-refractivity contribution in [3.63, 3.8) is 0 Å². The molecule has 1 aliphatic rings. The molecule has 2 atom stereocenters. The average Bonchev–Trinajstić information content (AvgIpc) is 2.40. The summed E-state index contributed by atoms with van der Waals surface area (Å²) in [5.74, 6) is 0. The summed E-state index contributed by atoms with van der Waals surface area (Å²) in [6.45, 7) is 1.46. The summed E-state index contributed by atoms with van der Waals surface area (Å²) in [4.78, 5) is 13.1. The van der Waals surface area contributed by atoms with Crippen LogP contribution >= 0.6 is 0 Å². The molecule has 17 heavy (non-hydrogen) atoms. The highest BCUT2D eigenvalue weighted by Crippen LogP contribution is 2.20. The molecule has 1 aromatic carbocycles. The van der Waals surface area contributed by atoms with Gasteiger partial charge in [0.15, 0.2) is 0 Å². The Morgan fingerprint density at radius 3 is 2.82 bits per heavy atom. The molecule has 0 bridgehead atoms. The van der Waals surface area contributed by atoms with Crippen molar-refractivity contribution in [2.45, 2.75) is 31.4 Å². The van der Waals surface area contributed by atoms with Crippen LogP contribution in [0.1, 0.15) is 30.9 Å². The van der Waals surface area contributed by atoms with Crippen molar-refractivity contribution in [2.24, 2.45) is 0 Å². The van der Waals surface area contributed by atoms with Crippen molar-refractivity contribution in [1.29, 1.82) is 0 Å². The molecule has 1 aromatic rings. The van der Waals surface area contributed by atoms with E-state index in [2.05, 4.69) is 4.90 Å². The Labute approximate surface area is 102 Å². The lowest BCUT2D eigenvalue weighted by Crippen LogP contribution is -2.42. The fourth-order valence-corrected chi connectivity index (χ4v) is 2.40. The first-order valence-electron chi connectivity index (χ1n) is 6.23. The van der Waals surface area contributed by atoms with E-state index in [9.17, 15) is 9.90 Å². The number of nitrogens with zero attached hydrogens (tertiary/aromatic N) is 1. The number of carbonyl (C=O) groups excluding carboxylic acids is 1. The second-order valence-corrected chi connectivity index (χ2v) is 4.62. The van der Waals surface area contributed by atoms with Gasteiger partial charge in [0.1, 0.15) is 6.29 Å². The Morgan fingerprint density at radius 2 is 2.12 bits per heavy atom. The summed E-state index contributed by atoms with van der Waals surface area (Å²) < 4.78 is 0. The number of aldehydes is 1. The third-order valence-electron chi connectivity index (χ3n) is 3.41. The molecular formula is C14H19NO2. The molecule has 0 spiro atoms. The van der Waals surface area contributed by atoms with Crippen LogP contribution in [0.5, 0.6) is 0 Å². The number of carbonyl (C=O) groups is 1. The predicted molar refractivity (Wildman–Crippen MR) is 66.7 cm³/mol. The molecular weight excluding hydrogens is 214 g/mol. The number of aliphatic hydroxyl groups is 1. The molecule has 1 heterocycles. The van der Waals surface area contributed by atoms with Gasteiger partial charge in [-0.15, -0.1) is 0 Å². The van der Waals surface area contributed by atoms with Crippen molar-refractivity contribution >= 4 is 6.29 Å². The number of likely N-dealkylation sites (tertiary alicyclic amines) is 1. The topological polar surface area (TPSA) is 40.5 Å². The Morgan fingerprint density at radius 1 is 1.35 bits per heavy atom. The summed E-state index contributed by atoms with van der Waals surface area (Å²) in [5.41, 5.74) is 0.919. The molecule has 2 rings (SSSR count). The highest BCUT2D eigenvalue weighted by Gasteiger charge is 2.24. The van der Waals surface area contributed by atoms with Gasteiger partial charge in [-0.25, -0.2) is 0 Å². The molecule has 1 fully saturated rings. The molecule has 1 aliphatic heterocycles. The number of piperidine rings is 1. The van der Waals surface area contributed by atoms with E-state index in [-0.39, 0.29) is 6.04 Å². The second kappa shape index (κ2) is 5.94. The number of hydrogen-bond donors (Lipinski definition) is 1. The maximum Gasteiger partial charge on any atom is 0.137 e. The van der Waals surface area contributed by atoms with Gasteiger partial charge >= 0.3 is 0 Å². The monoisotopic (exact) mass is 233 g/mol. The molecule has 0 saturated carbocycles. The van der Waals surface area contributed by atoms with Crippen molar-refractivity contribution in [2.75, 3.05) is 13.1 Å². The van der Waals surface area contributed by atoms with Crippen molar-refractivity contribution in [1.82, 2.24) is 4.90 Å². The first kappa shape index (κ1) is 12.3. The minimum atomic E-state index is -0.503. The van der Waals surface area contributed by atoms with Gasteiger partial charge in [0.05, 0.1) is 12.1 Å². The van der Waals surface area contributed by atoms with Gasteiger partial charge in [0, 0.05) is 6.54 Å². The lowest BCUT2D eigenvalue weighted by molar-refractivity contribution is -0.114. The van der Waals surface area contributed by atoms with E-state index in [1.807, 2.05) is 30.3 Å². The SMILES string of the molecule is O=CC1CCCCN1CC(O)c1ccccc1. The van der Waals surface area contributed by atoms with Crippen molar-refractivity contribution in [3.8, 4) is 0 Å². The predicted octanol–water partition coefficient (Wildman–Crippen LogP) is 1.77. The normalized spacial score (nSPS) is 23.2. The zero-order chi connectivity index (χ0) is 12.1. The molecule has 0 aliphatic carbocycles. The van der Waals surface area contributed by atoms with Crippen molar-refractivity contribution in [3.05, 3.63) is 35.9 Å². The number of aliphatic hydroxyl groups excluding tert-OH is 1. The molecule has 1 saturated heterocycles. The third kappa shape index (κ3) is 3.14. The highest BCUT2D eigenvalue weighted by molar-refractivity contribution is 5.57. The van der Waals surface area contributed by atoms with Crippen LogP contribution in [-0.4, -0.2) is 35.4 Å². The zero-order valence-electron chi connectivity index (χ0n) is 9.96. The fourth-order valence-electron chi connectivity index (χ4n) is 2.40. The van der Waals surface area contributed by atoms with E-state index >= 15 is 0 Å². The lowest BCUT2D eigenvalue weighted by Gasteiger charge is -2.33. The molecule has 3 nitrogen and oxygen atoms in total. The van der Waals surface area contributed by atoms with Crippen LogP contribution in [0.25, 0.3) is 0 Å². The third-order valence-corrected chi connectivity index (χ3v) is 3.41. The summed E-state index contributed by atoms with van der Waals surface area (Å²) in [5, 5.41) is 10.1. The molecule has 0 aromatic heterocycles. The van der Waals surface area contributed by atoms with Gasteiger partial charge in [-0.1, -0.05) is 36.8 Å². The van der Waals surface area contributed by atoms with Crippen LogP contribution in [0, 0.1) is 0 Å². The minimum absolute atomic E-state index is 0.0119. The number of hydrogen-bond acceptors (Lipinski definition) is 3. The lowest BCUT2D eigenvalue weighted by atomic mass is 10.0. The first-order chi connectivity index (χ1) is 8.31. The number of rotatable bonds is 4. The van der Waals surface area contributed by atoms with Gasteiger partial charge in [0.2, 0.25) is 0 Å². The minimum Gasteiger partial charge on any atom is -0.387 e. The van der Waals surface area contributed by atoms with E-state index in [0.29, 0.717) is 6.54 Å². The van der Waals surface area contributed by atoms with E-state index in [1.165, 1.54) is 0 Å². The van der Waals surface area contributed by atoms with Gasteiger partial charge < -0.3 is 9.90 Å².